The first kappa shape index (κ1) is 22.8. The molecule has 0 bridgehead atoms. The van der Waals surface area contributed by atoms with E-state index in [0.29, 0.717) is 28.8 Å². The number of halogens is 1. The fourth-order valence-electron chi connectivity index (χ4n) is 3.51. The van der Waals surface area contributed by atoms with Gasteiger partial charge in [-0.3, -0.25) is 25.1 Å². The number of thiol groups is 1. The van der Waals surface area contributed by atoms with Crippen molar-refractivity contribution in [1.29, 1.82) is 5.41 Å². The lowest BCUT2D eigenvalue weighted by atomic mass is 9.95. The molecule has 0 aliphatic carbocycles. The van der Waals surface area contributed by atoms with Crippen molar-refractivity contribution < 1.29 is 18.6 Å². The molecule has 0 saturated heterocycles. The van der Waals surface area contributed by atoms with E-state index in [1.54, 1.807) is 50.9 Å². The lowest BCUT2D eigenvalue weighted by Crippen LogP contribution is -2.53. The Kier molecular flexibility index (Phi) is 6.15. The third-order valence-electron chi connectivity index (χ3n) is 5.91. The van der Waals surface area contributed by atoms with Crippen LogP contribution in [0.3, 0.4) is 0 Å². The first-order valence-corrected chi connectivity index (χ1v) is 12.3. The van der Waals surface area contributed by atoms with Crippen molar-refractivity contribution in [2.45, 2.75) is 30.6 Å². The van der Waals surface area contributed by atoms with E-state index in [2.05, 4.69) is 5.16 Å². The number of benzene rings is 1. The van der Waals surface area contributed by atoms with Crippen molar-refractivity contribution in [3.63, 3.8) is 0 Å². The molecule has 0 radical (unpaired) electrons. The van der Waals surface area contributed by atoms with Crippen LogP contribution in [-0.2, 0) is 21.8 Å². The van der Waals surface area contributed by atoms with Gasteiger partial charge in [0.2, 0.25) is 0 Å². The van der Waals surface area contributed by atoms with Crippen LogP contribution in [0.5, 0.6) is 0 Å². The molecule has 1 aliphatic heterocycles. The molecule has 2 heterocycles. The molecule has 1 aliphatic rings. The fraction of sp³-hybridized carbons (Fsp3) is 0.381. The summed E-state index contributed by atoms with van der Waals surface area (Å²) in [7, 11) is -1.20. The summed E-state index contributed by atoms with van der Waals surface area (Å²) in [6.45, 7) is 1.64. The van der Waals surface area contributed by atoms with Crippen LogP contribution in [0.4, 0.5) is 4.39 Å². The Morgan fingerprint density at radius 1 is 1.39 bits per heavy atom. The number of oxime groups is 1. The van der Waals surface area contributed by atoms with Crippen LogP contribution in [0.25, 0.3) is 11.1 Å². The van der Waals surface area contributed by atoms with E-state index in [1.807, 2.05) is 5.48 Å². The Hall–Kier alpha value is -2.85. The fourth-order valence-corrected chi connectivity index (χ4v) is 4.74. The Balaban J connectivity index is 1.79. The highest BCUT2D eigenvalue weighted by Gasteiger charge is 2.42. The normalized spacial score (nSPS) is 18.6. The second-order valence-electron chi connectivity index (χ2n) is 8.34. The molecule has 3 rings (SSSR count). The van der Waals surface area contributed by atoms with Crippen molar-refractivity contribution in [3.05, 3.63) is 58.3 Å². The van der Waals surface area contributed by atoms with Crippen molar-refractivity contribution in [2.24, 2.45) is 12.2 Å². The predicted octanol–water partition coefficient (Wildman–Crippen LogP) is 2.07. The monoisotopic (exact) mass is 450 g/mol. The molecule has 8 nitrogen and oxygen atoms in total. The second kappa shape index (κ2) is 8.35. The van der Waals surface area contributed by atoms with Crippen molar-refractivity contribution in [3.8, 4) is 11.1 Å². The number of hydroxylamine groups is 1. The minimum absolute atomic E-state index is 0.199. The number of pyridine rings is 1. The zero-order valence-corrected chi connectivity index (χ0v) is 18.7. The molecule has 3 N–H and O–H groups in total. The molecule has 10 heteroatoms. The Bertz CT molecular complexity index is 1160. The van der Waals surface area contributed by atoms with Gasteiger partial charge in [-0.25, -0.2) is 4.39 Å². The molecule has 0 amide bonds. The number of hydrogen-bond donors (Lipinski definition) is 4. The van der Waals surface area contributed by atoms with Crippen LogP contribution in [0, 0.1) is 11.2 Å². The molecule has 1 unspecified atom stereocenters. The van der Waals surface area contributed by atoms with E-state index >= 15 is 0 Å². The van der Waals surface area contributed by atoms with Gasteiger partial charge < -0.3 is 9.40 Å². The molecule has 0 saturated carbocycles. The zero-order chi connectivity index (χ0) is 23.0. The maximum absolute atomic E-state index is 14.8. The summed E-state index contributed by atoms with van der Waals surface area (Å²) in [5.41, 5.74) is 3.46. The van der Waals surface area contributed by atoms with Gasteiger partial charge in [-0.15, -0.1) is 0 Å². The SMILES string of the molecule is Cn1ccc(-c2ccc(C3=NO[C@@H](CC(C)(C(=N)NO)[SH](C)(C)=O)C3)cc2F)cc1=O. The highest BCUT2D eigenvalue weighted by molar-refractivity contribution is 8.03. The average molecular weight is 451 g/mol. The van der Waals surface area contributed by atoms with E-state index in [1.165, 1.54) is 16.7 Å². The standard InChI is InChI=1S/C21H27FN4O4S/c1-21(20(23)24-28,31(3,4)29)12-15-11-18(25-30-15)14-5-6-16(17(22)9-14)13-7-8-26(2)19(27)10-13/h5-10,15,28,31H,11-12H2,1-4H3,(H2,23,24)/t15-,21?/m1/s1. The summed E-state index contributed by atoms with van der Waals surface area (Å²) in [5.74, 6) is -0.734. The number of rotatable bonds is 6. The van der Waals surface area contributed by atoms with Crippen LogP contribution in [0.15, 0.2) is 46.5 Å². The third kappa shape index (κ3) is 4.45. The van der Waals surface area contributed by atoms with E-state index < -0.39 is 26.6 Å². The number of amidine groups is 1. The maximum atomic E-state index is 14.8. The quantitative estimate of drug-likeness (QED) is 0.233. The maximum Gasteiger partial charge on any atom is 0.250 e. The zero-order valence-electron chi connectivity index (χ0n) is 17.8. The molecule has 2 atom stereocenters. The average Bonchev–Trinajstić information content (AvgIpc) is 3.16. The first-order valence-electron chi connectivity index (χ1n) is 9.70. The molecular weight excluding hydrogens is 423 g/mol. The summed E-state index contributed by atoms with van der Waals surface area (Å²) in [6.07, 6.45) is 4.77. The van der Waals surface area contributed by atoms with Gasteiger partial charge in [0.15, 0.2) is 0 Å². The second-order valence-corrected chi connectivity index (χ2v) is 12.0. The molecule has 1 aromatic carbocycles. The van der Waals surface area contributed by atoms with Crippen molar-refractivity contribution in [2.75, 3.05) is 12.5 Å². The minimum Gasteiger partial charge on any atom is -0.392 e. The Morgan fingerprint density at radius 2 is 2.10 bits per heavy atom. The first-order chi connectivity index (χ1) is 14.5. The van der Waals surface area contributed by atoms with E-state index in [9.17, 15) is 18.6 Å². The van der Waals surface area contributed by atoms with Gasteiger partial charge >= 0.3 is 0 Å². The highest BCUT2D eigenvalue weighted by atomic mass is 32.2. The lowest BCUT2D eigenvalue weighted by molar-refractivity contribution is 0.0749. The van der Waals surface area contributed by atoms with Gasteiger partial charge in [0, 0.05) is 43.3 Å². The largest absolute Gasteiger partial charge is 0.392 e. The molecular formula is C21H27FN4O4S. The third-order valence-corrected chi connectivity index (χ3v) is 8.70. The number of hydrogen-bond acceptors (Lipinski definition) is 6. The number of aromatic nitrogens is 1. The number of nitrogens with zero attached hydrogens (tertiary/aromatic N) is 2. The molecule has 31 heavy (non-hydrogen) atoms. The lowest BCUT2D eigenvalue weighted by Gasteiger charge is -2.38. The van der Waals surface area contributed by atoms with E-state index in [-0.39, 0.29) is 17.8 Å². The minimum atomic E-state index is -2.83. The molecule has 168 valence electrons. The van der Waals surface area contributed by atoms with Crippen LogP contribution < -0.4 is 11.0 Å². The summed E-state index contributed by atoms with van der Waals surface area (Å²) < 4.78 is 27.9. The van der Waals surface area contributed by atoms with Crippen molar-refractivity contribution in [1.82, 2.24) is 10.0 Å². The smallest absolute Gasteiger partial charge is 0.250 e. The molecule has 1 aromatic heterocycles. The summed E-state index contributed by atoms with van der Waals surface area (Å²) in [5, 5.41) is 21.2. The van der Waals surface area contributed by atoms with Gasteiger partial charge in [-0.2, -0.15) is 0 Å². The van der Waals surface area contributed by atoms with Gasteiger partial charge in [0.05, 0.1) is 10.5 Å². The Morgan fingerprint density at radius 3 is 2.68 bits per heavy atom. The summed E-state index contributed by atoms with van der Waals surface area (Å²) >= 11 is 0. The van der Waals surface area contributed by atoms with E-state index in [4.69, 9.17) is 10.2 Å². The molecule has 0 spiro atoms. The van der Waals surface area contributed by atoms with Crippen LogP contribution >= 0.6 is 0 Å². The highest BCUT2D eigenvalue weighted by Crippen LogP contribution is 2.32. The topological polar surface area (TPSA) is 117 Å². The number of aryl methyl sites for hydroxylation is 1. The number of nitrogens with one attached hydrogen (secondary N) is 2. The van der Waals surface area contributed by atoms with Crippen LogP contribution in [0.2, 0.25) is 0 Å². The van der Waals surface area contributed by atoms with Crippen LogP contribution in [-0.4, -0.2) is 48.9 Å². The molecule has 2 aromatic rings. The van der Waals surface area contributed by atoms with Gasteiger partial charge in [-0.1, -0.05) is 27.2 Å². The van der Waals surface area contributed by atoms with Crippen LogP contribution in [0.1, 0.15) is 25.3 Å². The Labute approximate surface area is 180 Å². The predicted molar refractivity (Wildman–Crippen MR) is 120 cm³/mol. The van der Waals surface area contributed by atoms with Gasteiger partial charge in [0.25, 0.3) is 5.56 Å². The van der Waals surface area contributed by atoms with E-state index in [0.717, 1.165) is 0 Å². The summed E-state index contributed by atoms with van der Waals surface area (Å²) in [6, 6.07) is 7.70. The van der Waals surface area contributed by atoms with Gasteiger partial charge in [-0.05, 0) is 37.1 Å². The van der Waals surface area contributed by atoms with Crippen molar-refractivity contribution >= 4 is 21.5 Å². The molecule has 0 fully saturated rings. The summed E-state index contributed by atoms with van der Waals surface area (Å²) in [4.78, 5) is 17.3. The van der Waals surface area contributed by atoms with Gasteiger partial charge in [0.1, 0.15) is 17.8 Å².